The second kappa shape index (κ2) is 8.57. The minimum Gasteiger partial charge on any atom is -0.489 e. The summed E-state index contributed by atoms with van der Waals surface area (Å²) in [6.07, 6.45) is 2.35. The standard InChI is InChI=1S/C23H26N2O4/c1-16(2)23(26)29-25-13-12-21-20(14-25)24-22(28-21)18-8-10-19(11-9-18)27-15-17-6-4-3-5-7-17/h3-11,14,16,21-22,24H,12-13,15H2,1-2H3. The molecule has 0 aromatic heterocycles. The molecule has 4 rings (SSSR count). The molecule has 0 saturated carbocycles. The third-order valence-corrected chi connectivity index (χ3v) is 4.95. The topological polar surface area (TPSA) is 60.0 Å². The van der Waals surface area contributed by atoms with Crippen LogP contribution in [0.1, 0.15) is 37.6 Å². The first kappa shape index (κ1) is 19.3. The van der Waals surface area contributed by atoms with Gasteiger partial charge in [0, 0.05) is 12.0 Å². The van der Waals surface area contributed by atoms with Crippen molar-refractivity contribution in [2.24, 2.45) is 5.92 Å². The van der Waals surface area contributed by atoms with Crippen molar-refractivity contribution in [2.75, 3.05) is 6.54 Å². The molecule has 2 aromatic rings. The van der Waals surface area contributed by atoms with Crippen LogP contribution in [0.25, 0.3) is 0 Å². The van der Waals surface area contributed by atoms with E-state index in [-0.39, 0.29) is 24.2 Å². The minimum atomic E-state index is -0.234. The second-order valence-electron chi connectivity index (χ2n) is 7.57. The highest BCUT2D eigenvalue weighted by Gasteiger charge is 2.34. The van der Waals surface area contributed by atoms with E-state index in [0.29, 0.717) is 13.2 Å². The summed E-state index contributed by atoms with van der Waals surface area (Å²) >= 11 is 0. The van der Waals surface area contributed by atoms with E-state index in [1.807, 2.05) is 74.6 Å². The van der Waals surface area contributed by atoms with Crippen LogP contribution in [0.5, 0.6) is 5.75 Å². The van der Waals surface area contributed by atoms with Crippen LogP contribution in [-0.4, -0.2) is 23.7 Å². The predicted molar refractivity (Wildman–Crippen MR) is 108 cm³/mol. The lowest BCUT2D eigenvalue weighted by atomic mass is 10.1. The molecule has 0 bridgehead atoms. The molecule has 152 valence electrons. The van der Waals surface area contributed by atoms with Crippen LogP contribution in [0, 0.1) is 5.92 Å². The molecule has 1 N–H and O–H groups in total. The molecule has 2 unspecified atom stereocenters. The number of carbonyl (C=O) groups is 1. The molecule has 1 fully saturated rings. The fraction of sp³-hybridized carbons (Fsp3) is 0.348. The highest BCUT2D eigenvalue weighted by molar-refractivity contribution is 5.71. The second-order valence-corrected chi connectivity index (χ2v) is 7.57. The SMILES string of the molecule is CC(C)C(=O)ON1C=C2NC(c3ccc(OCc4ccccc4)cc3)OC2CC1. The van der Waals surface area contributed by atoms with Gasteiger partial charge in [0.15, 0.2) is 6.23 Å². The summed E-state index contributed by atoms with van der Waals surface area (Å²) in [4.78, 5) is 17.2. The van der Waals surface area contributed by atoms with E-state index in [0.717, 1.165) is 29.0 Å². The number of nitrogens with one attached hydrogen (secondary N) is 1. The zero-order valence-electron chi connectivity index (χ0n) is 16.7. The maximum atomic E-state index is 11.8. The molecular formula is C23H26N2O4. The van der Waals surface area contributed by atoms with Gasteiger partial charge in [0.05, 0.1) is 24.4 Å². The normalized spacial score (nSPS) is 20.7. The minimum absolute atomic E-state index is 0.0111. The monoisotopic (exact) mass is 394 g/mol. The van der Waals surface area contributed by atoms with Gasteiger partial charge in [0.2, 0.25) is 0 Å². The number of benzene rings is 2. The Balaban J connectivity index is 1.35. The molecule has 2 heterocycles. The molecule has 6 heteroatoms. The van der Waals surface area contributed by atoms with Crippen LogP contribution in [0.3, 0.4) is 0 Å². The molecule has 2 aliphatic rings. The highest BCUT2D eigenvalue weighted by atomic mass is 16.7. The van der Waals surface area contributed by atoms with Crippen LogP contribution in [0.15, 0.2) is 66.5 Å². The number of carbonyl (C=O) groups excluding carboxylic acids is 1. The summed E-state index contributed by atoms with van der Waals surface area (Å²) in [5.41, 5.74) is 3.09. The maximum Gasteiger partial charge on any atom is 0.334 e. The average Bonchev–Trinajstić information content (AvgIpc) is 3.16. The molecule has 6 nitrogen and oxygen atoms in total. The molecule has 0 radical (unpaired) electrons. The van der Waals surface area contributed by atoms with Crippen molar-refractivity contribution in [3.63, 3.8) is 0 Å². The summed E-state index contributed by atoms with van der Waals surface area (Å²) in [6.45, 7) is 4.80. The van der Waals surface area contributed by atoms with Crippen molar-refractivity contribution < 1.29 is 19.1 Å². The van der Waals surface area contributed by atoms with Crippen LogP contribution >= 0.6 is 0 Å². The largest absolute Gasteiger partial charge is 0.489 e. The van der Waals surface area contributed by atoms with Gasteiger partial charge in [0.25, 0.3) is 0 Å². The number of hydrogen-bond acceptors (Lipinski definition) is 6. The smallest absolute Gasteiger partial charge is 0.334 e. The van der Waals surface area contributed by atoms with E-state index in [9.17, 15) is 4.79 Å². The fourth-order valence-corrected chi connectivity index (χ4v) is 3.26. The van der Waals surface area contributed by atoms with E-state index in [1.54, 1.807) is 5.06 Å². The van der Waals surface area contributed by atoms with E-state index in [4.69, 9.17) is 14.3 Å². The van der Waals surface area contributed by atoms with Gasteiger partial charge in [-0.2, -0.15) is 0 Å². The summed E-state index contributed by atoms with van der Waals surface area (Å²) in [5, 5.41) is 4.97. The summed E-state index contributed by atoms with van der Waals surface area (Å²) in [6, 6.07) is 18.0. The zero-order chi connectivity index (χ0) is 20.2. The van der Waals surface area contributed by atoms with Gasteiger partial charge in [-0.15, -0.1) is 0 Å². The number of nitrogens with zero attached hydrogens (tertiary/aromatic N) is 1. The van der Waals surface area contributed by atoms with Gasteiger partial charge in [-0.1, -0.05) is 56.3 Å². The van der Waals surface area contributed by atoms with Gasteiger partial charge >= 0.3 is 5.97 Å². The van der Waals surface area contributed by atoms with Gasteiger partial charge in [-0.25, -0.2) is 9.86 Å². The zero-order valence-corrected chi connectivity index (χ0v) is 16.7. The van der Waals surface area contributed by atoms with Crippen molar-refractivity contribution in [3.05, 3.63) is 77.6 Å². The number of fused-ring (bicyclic) bond motifs is 1. The Hall–Kier alpha value is -2.99. The van der Waals surface area contributed by atoms with Gasteiger partial charge in [0.1, 0.15) is 18.5 Å². The third kappa shape index (κ3) is 4.71. The summed E-state index contributed by atoms with van der Waals surface area (Å²) in [7, 11) is 0. The quantitative estimate of drug-likeness (QED) is 0.802. The lowest BCUT2D eigenvalue weighted by Crippen LogP contribution is -2.33. The molecular weight excluding hydrogens is 368 g/mol. The van der Waals surface area contributed by atoms with Crippen LogP contribution in [-0.2, 0) is 21.0 Å². The van der Waals surface area contributed by atoms with E-state index in [1.165, 1.54) is 0 Å². The van der Waals surface area contributed by atoms with Gasteiger partial charge in [-0.3, -0.25) is 0 Å². The van der Waals surface area contributed by atoms with E-state index in [2.05, 4.69) is 5.32 Å². The van der Waals surface area contributed by atoms with Crippen LogP contribution < -0.4 is 10.1 Å². The first-order valence-corrected chi connectivity index (χ1v) is 9.97. The maximum absolute atomic E-state index is 11.8. The molecule has 2 aromatic carbocycles. The van der Waals surface area contributed by atoms with E-state index >= 15 is 0 Å². The molecule has 2 aliphatic heterocycles. The molecule has 1 saturated heterocycles. The number of ether oxygens (including phenoxy) is 2. The molecule has 0 aliphatic carbocycles. The van der Waals surface area contributed by atoms with Crippen LogP contribution in [0.2, 0.25) is 0 Å². The molecule has 0 amide bonds. The Labute approximate surface area is 171 Å². The Kier molecular flexibility index (Phi) is 5.71. The van der Waals surface area contributed by atoms with Gasteiger partial charge < -0.3 is 19.6 Å². The highest BCUT2D eigenvalue weighted by Crippen LogP contribution is 2.32. The van der Waals surface area contributed by atoms with Crippen molar-refractivity contribution in [1.82, 2.24) is 10.4 Å². The number of hydrogen-bond donors (Lipinski definition) is 1. The number of rotatable bonds is 6. The van der Waals surface area contributed by atoms with Crippen molar-refractivity contribution >= 4 is 5.97 Å². The lowest BCUT2D eigenvalue weighted by molar-refractivity contribution is -0.184. The molecule has 2 atom stereocenters. The Bertz CT molecular complexity index is 864. The van der Waals surface area contributed by atoms with Crippen molar-refractivity contribution in [3.8, 4) is 5.75 Å². The average molecular weight is 394 g/mol. The third-order valence-electron chi connectivity index (χ3n) is 4.95. The Morgan fingerprint density at radius 1 is 1.17 bits per heavy atom. The summed E-state index contributed by atoms with van der Waals surface area (Å²) in [5.74, 6) is 0.426. The first-order valence-electron chi connectivity index (χ1n) is 9.97. The Morgan fingerprint density at radius 2 is 1.93 bits per heavy atom. The Morgan fingerprint density at radius 3 is 2.66 bits per heavy atom. The van der Waals surface area contributed by atoms with E-state index < -0.39 is 0 Å². The molecule has 29 heavy (non-hydrogen) atoms. The number of hydroxylamine groups is 2. The van der Waals surface area contributed by atoms with Crippen molar-refractivity contribution in [2.45, 2.75) is 39.2 Å². The van der Waals surface area contributed by atoms with Crippen molar-refractivity contribution in [1.29, 1.82) is 0 Å². The van der Waals surface area contributed by atoms with Gasteiger partial charge in [-0.05, 0) is 17.7 Å². The van der Waals surface area contributed by atoms with Crippen LogP contribution in [0.4, 0.5) is 0 Å². The lowest BCUT2D eigenvalue weighted by Gasteiger charge is -2.26. The fourth-order valence-electron chi connectivity index (χ4n) is 3.26. The predicted octanol–water partition coefficient (Wildman–Crippen LogP) is 3.91. The molecule has 0 spiro atoms. The summed E-state index contributed by atoms with van der Waals surface area (Å²) < 4.78 is 12.0. The first-order chi connectivity index (χ1) is 14.1.